The lowest BCUT2D eigenvalue weighted by atomic mass is 10.1. The Balaban J connectivity index is 2.61. The van der Waals surface area contributed by atoms with Gasteiger partial charge in [-0.05, 0) is 18.2 Å². The first-order chi connectivity index (χ1) is 11.8. The van der Waals surface area contributed by atoms with E-state index in [-0.39, 0.29) is 22.0 Å². The normalized spacial score (nSPS) is 10.7. The minimum atomic E-state index is -2.93. The highest BCUT2D eigenvalue weighted by Gasteiger charge is 2.23. The molecule has 25 heavy (non-hydrogen) atoms. The number of nitrogens with two attached hydrogens (primary N) is 1. The number of hydrogen-bond acceptors (Lipinski definition) is 6. The molecule has 10 heteroatoms. The number of rotatable bonds is 4. The van der Waals surface area contributed by atoms with Gasteiger partial charge in [-0.2, -0.15) is 0 Å². The van der Waals surface area contributed by atoms with Gasteiger partial charge in [-0.15, -0.1) is 0 Å². The average Bonchev–Trinajstić information content (AvgIpc) is 2.58. The summed E-state index contributed by atoms with van der Waals surface area (Å²) in [6, 6.07) is 3.28. The van der Waals surface area contributed by atoms with Crippen molar-refractivity contribution in [2.75, 3.05) is 20.0 Å². The Morgan fingerprint density at radius 2 is 2.00 bits per heavy atom. The summed E-state index contributed by atoms with van der Waals surface area (Å²) < 4.78 is 54.2. The van der Waals surface area contributed by atoms with Crippen LogP contribution in [0.4, 0.5) is 23.7 Å². The molecule has 6 nitrogen and oxygen atoms in total. The molecule has 1 aromatic heterocycles. The number of pyridine rings is 1. The first kappa shape index (κ1) is 18.7. The van der Waals surface area contributed by atoms with Crippen LogP contribution in [0, 0.1) is 5.82 Å². The smallest absolute Gasteiger partial charge is 0.493 e. The fraction of sp³-hybridized carbons (Fsp3) is 0.200. The third kappa shape index (κ3) is 3.71. The minimum Gasteiger partial charge on any atom is -0.493 e. The van der Waals surface area contributed by atoms with E-state index in [4.69, 9.17) is 26.8 Å². The molecule has 2 N–H and O–H groups in total. The number of carbonyl (C=O) groups is 1. The van der Waals surface area contributed by atoms with Crippen molar-refractivity contribution in [2.45, 2.75) is 6.43 Å². The highest BCUT2D eigenvalue weighted by atomic mass is 35.5. The molecule has 0 saturated heterocycles. The monoisotopic (exact) mass is 376 g/mol. The highest BCUT2D eigenvalue weighted by Crippen LogP contribution is 2.39. The summed E-state index contributed by atoms with van der Waals surface area (Å²) >= 11 is 5.88. The maximum absolute atomic E-state index is 14.6. The molecular formula is C15H12ClF3N2O4. The summed E-state index contributed by atoms with van der Waals surface area (Å²) in [4.78, 5) is 15.1. The van der Waals surface area contributed by atoms with Gasteiger partial charge in [0.1, 0.15) is 5.02 Å². The Kier molecular flexibility index (Phi) is 5.58. The fourth-order valence-corrected chi connectivity index (χ4v) is 2.13. The maximum atomic E-state index is 14.6. The second-order valence-corrected chi connectivity index (χ2v) is 5.00. The van der Waals surface area contributed by atoms with Crippen LogP contribution < -0.4 is 15.2 Å². The number of hydrogen-bond donors (Lipinski definition) is 1. The Morgan fingerprint density at radius 1 is 1.32 bits per heavy atom. The van der Waals surface area contributed by atoms with E-state index in [0.717, 1.165) is 26.4 Å². The molecule has 0 fully saturated rings. The molecule has 0 aliphatic heterocycles. The van der Waals surface area contributed by atoms with Gasteiger partial charge in [0.15, 0.2) is 11.6 Å². The van der Waals surface area contributed by atoms with Gasteiger partial charge in [-0.25, -0.2) is 22.9 Å². The SMILES string of the molecule is COC(=O)Oc1nc(-c2ccc(C(F)F)c(OC)c2F)cc(N)c1Cl. The summed E-state index contributed by atoms with van der Waals surface area (Å²) in [6.45, 7) is 0. The van der Waals surface area contributed by atoms with Crippen molar-refractivity contribution in [1.82, 2.24) is 4.98 Å². The molecule has 0 atom stereocenters. The molecule has 0 spiro atoms. The van der Waals surface area contributed by atoms with E-state index >= 15 is 0 Å². The van der Waals surface area contributed by atoms with Crippen LogP contribution in [0.3, 0.4) is 0 Å². The second kappa shape index (κ2) is 7.47. The molecule has 0 aliphatic carbocycles. The van der Waals surface area contributed by atoms with Crippen LogP contribution in [0.15, 0.2) is 18.2 Å². The third-order valence-corrected chi connectivity index (χ3v) is 3.52. The number of aromatic nitrogens is 1. The van der Waals surface area contributed by atoms with Crippen molar-refractivity contribution in [3.05, 3.63) is 34.6 Å². The molecular weight excluding hydrogens is 365 g/mol. The lowest BCUT2D eigenvalue weighted by Gasteiger charge is -2.13. The van der Waals surface area contributed by atoms with Crippen LogP contribution in [-0.4, -0.2) is 25.4 Å². The molecule has 134 valence electrons. The van der Waals surface area contributed by atoms with Crippen LogP contribution in [0.1, 0.15) is 12.0 Å². The number of nitrogen functional groups attached to an aromatic ring is 1. The maximum Gasteiger partial charge on any atom is 0.514 e. The van der Waals surface area contributed by atoms with Crippen molar-refractivity contribution in [2.24, 2.45) is 0 Å². The Bertz CT molecular complexity index is 818. The molecule has 1 heterocycles. The van der Waals surface area contributed by atoms with Crippen LogP contribution >= 0.6 is 11.6 Å². The first-order valence-electron chi connectivity index (χ1n) is 6.66. The molecule has 0 amide bonds. The van der Waals surface area contributed by atoms with Gasteiger partial charge in [0.25, 0.3) is 6.43 Å². The summed E-state index contributed by atoms with van der Waals surface area (Å²) in [5.74, 6) is -2.11. The number of nitrogens with zero attached hydrogens (tertiary/aromatic N) is 1. The molecule has 1 aromatic carbocycles. The van der Waals surface area contributed by atoms with Crippen LogP contribution in [0.25, 0.3) is 11.3 Å². The van der Waals surface area contributed by atoms with Gasteiger partial charge in [0, 0.05) is 5.56 Å². The Labute approximate surface area is 145 Å². The molecule has 0 bridgehead atoms. The predicted molar refractivity (Wildman–Crippen MR) is 83.6 cm³/mol. The fourth-order valence-electron chi connectivity index (χ4n) is 2.00. The van der Waals surface area contributed by atoms with Crippen molar-refractivity contribution in [3.63, 3.8) is 0 Å². The molecule has 0 unspecified atom stereocenters. The van der Waals surface area contributed by atoms with Gasteiger partial charge in [-0.1, -0.05) is 11.6 Å². The summed E-state index contributed by atoms with van der Waals surface area (Å²) in [7, 11) is 2.13. The van der Waals surface area contributed by atoms with Crippen LogP contribution in [0.5, 0.6) is 11.6 Å². The Hall–Kier alpha value is -2.68. The zero-order valence-electron chi connectivity index (χ0n) is 13.0. The minimum absolute atomic E-state index is 0.0677. The second-order valence-electron chi connectivity index (χ2n) is 4.62. The van der Waals surface area contributed by atoms with E-state index < -0.39 is 35.6 Å². The highest BCUT2D eigenvalue weighted by molar-refractivity contribution is 6.34. The van der Waals surface area contributed by atoms with Gasteiger partial charge >= 0.3 is 6.16 Å². The molecule has 0 saturated carbocycles. The standard InChI is InChI=1S/C15H12ClF3N2O4/c1-23-12-7(13(18)19)4-3-6(11(12)17)9-5-8(20)10(16)14(21-9)25-15(22)24-2/h3-5,13H,1-2H3,(H2,20,21). The van der Waals surface area contributed by atoms with Crippen LogP contribution in [0.2, 0.25) is 5.02 Å². The topological polar surface area (TPSA) is 83.7 Å². The van der Waals surface area contributed by atoms with E-state index in [2.05, 4.69) is 9.72 Å². The molecule has 0 radical (unpaired) electrons. The van der Waals surface area contributed by atoms with Gasteiger partial charge in [0.2, 0.25) is 5.88 Å². The van der Waals surface area contributed by atoms with E-state index in [0.29, 0.717) is 0 Å². The lowest BCUT2D eigenvalue weighted by Crippen LogP contribution is -2.10. The zero-order valence-corrected chi connectivity index (χ0v) is 13.7. The van der Waals surface area contributed by atoms with E-state index in [1.54, 1.807) is 0 Å². The largest absolute Gasteiger partial charge is 0.514 e. The molecule has 0 aliphatic rings. The number of benzene rings is 1. The van der Waals surface area contributed by atoms with Gasteiger partial charge in [0.05, 0.1) is 31.2 Å². The van der Waals surface area contributed by atoms with Crippen molar-refractivity contribution in [1.29, 1.82) is 0 Å². The van der Waals surface area contributed by atoms with Crippen molar-refractivity contribution in [3.8, 4) is 22.9 Å². The predicted octanol–water partition coefficient (Wildman–Crippen LogP) is 4.21. The van der Waals surface area contributed by atoms with Gasteiger partial charge in [-0.3, -0.25) is 0 Å². The summed E-state index contributed by atoms with van der Waals surface area (Å²) in [5.41, 5.74) is 4.72. The quantitative estimate of drug-likeness (QED) is 0.804. The first-order valence-corrected chi connectivity index (χ1v) is 7.04. The van der Waals surface area contributed by atoms with E-state index in [1.807, 2.05) is 0 Å². The number of ether oxygens (including phenoxy) is 3. The number of alkyl halides is 2. The van der Waals surface area contributed by atoms with Gasteiger partial charge < -0.3 is 19.9 Å². The number of halogens is 4. The average molecular weight is 377 g/mol. The summed E-state index contributed by atoms with van der Waals surface area (Å²) in [6.07, 6.45) is -4.04. The third-order valence-electron chi connectivity index (χ3n) is 3.14. The zero-order chi connectivity index (χ0) is 18.7. The van der Waals surface area contributed by atoms with Crippen molar-refractivity contribution >= 4 is 23.4 Å². The number of methoxy groups -OCH3 is 2. The Morgan fingerprint density at radius 3 is 2.56 bits per heavy atom. The lowest BCUT2D eigenvalue weighted by molar-refractivity contribution is 0.120. The molecule has 2 rings (SSSR count). The number of carbonyl (C=O) groups excluding carboxylic acids is 1. The summed E-state index contributed by atoms with van der Waals surface area (Å²) in [5, 5.41) is -0.189. The van der Waals surface area contributed by atoms with E-state index in [1.165, 1.54) is 6.07 Å². The van der Waals surface area contributed by atoms with Crippen molar-refractivity contribution < 1.29 is 32.2 Å². The van der Waals surface area contributed by atoms with E-state index in [9.17, 15) is 18.0 Å². The molecule has 2 aromatic rings. The number of anilines is 1. The van der Waals surface area contributed by atoms with Crippen LogP contribution in [-0.2, 0) is 4.74 Å².